The lowest BCUT2D eigenvalue weighted by molar-refractivity contribution is -0.117. The van der Waals surface area contributed by atoms with Crippen molar-refractivity contribution in [2.75, 3.05) is 17.7 Å². The van der Waals surface area contributed by atoms with Crippen molar-refractivity contribution in [2.45, 2.75) is 19.4 Å². The second kappa shape index (κ2) is 8.18. The Morgan fingerprint density at radius 1 is 1.07 bits per heavy atom. The van der Waals surface area contributed by atoms with Gasteiger partial charge >= 0.3 is 6.03 Å². The molecule has 0 unspecified atom stereocenters. The van der Waals surface area contributed by atoms with Crippen LogP contribution in [0.5, 0.6) is 0 Å². The molecule has 1 fully saturated rings. The van der Waals surface area contributed by atoms with Crippen LogP contribution in [0.1, 0.15) is 18.4 Å². The van der Waals surface area contributed by atoms with E-state index in [1.54, 1.807) is 18.1 Å². The predicted octanol–water partition coefficient (Wildman–Crippen LogP) is 4.09. The van der Waals surface area contributed by atoms with E-state index in [1.807, 2.05) is 54.7 Å². The first-order valence-electron chi connectivity index (χ1n) is 9.59. The largest absolute Gasteiger partial charge is 0.326 e. The summed E-state index contributed by atoms with van der Waals surface area (Å²) in [5.41, 5.74) is 4.46. The van der Waals surface area contributed by atoms with Crippen LogP contribution in [0, 0.1) is 5.92 Å². The zero-order valence-electron chi connectivity index (χ0n) is 16.2. The number of urea groups is 1. The second-order valence-corrected chi connectivity index (χ2v) is 7.31. The number of hydrogen-bond donors (Lipinski definition) is 3. The van der Waals surface area contributed by atoms with Crippen molar-refractivity contribution in [3.8, 4) is 11.1 Å². The average Bonchev–Trinajstić information content (AvgIpc) is 3.43. The fourth-order valence-electron chi connectivity index (χ4n) is 3.06. The number of carbonyl (C=O) groups is 2. The number of aromatic amines is 1. The molecule has 7 heteroatoms. The second-order valence-electron chi connectivity index (χ2n) is 7.31. The van der Waals surface area contributed by atoms with E-state index in [4.69, 9.17) is 0 Å². The highest BCUT2D eigenvalue weighted by Gasteiger charge is 2.29. The highest BCUT2D eigenvalue weighted by atomic mass is 16.2. The van der Waals surface area contributed by atoms with Gasteiger partial charge in [0.1, 0.15) is 0 Å². The van der Waals surface area contributed by atoms with Crippen LogP contribution in [-0.2, 0) is 11.3 Å². The van der Waals surface area contributed by atoms with E-state index in [1.165, 1.54) is 0 Å². The van der Waals surface area contributed by atoms with Gasteiger partial charge in [-0.2, -0.15) is 5.10 Å². The molecule has 2 aromatic carbocycles. The number of anilines is 2. The van der Waals surface area contributed by atoms with Crippen molar-refractivity contribution in [3.05, 3.63) is 66.5 Å². The summed E-state index contributed by atoms with van der Waals surface area (Å²) in [6, 6.07) is 15.0. The van der Waals surface area contributed by atoms with Crippen molar-refractivity contribution in [3.63, 3.8) is 0 Å². The van der Waals surface area contributed by atoms with Crippen LogP contribution in [0.15, 0.2) is 60.9 Å². The summed E-state index contributed by atoms with van der Waals surface area (Å²) in [5.74, 6) is 0.235. The Balaban J connectivity index is 1.34. The number of aromatic nitrogens is 2. The summed E-state index contributed by atoms with van der Waals surface area (Å²) in [4.78, 5) is 26.1. The molecule has 1 aliphatic carbocycles. The number of carbonyl (C=O) groups excluding carboxylic acids is 2. The van der Waals surface area contributed by atoms with E-state index in [-0.39, 0.29) is 17.9 Å². The van der Waals surface area contributed by atoms with Gasteiger partial charge in [0.15, 0.2) is 0 Å². The first kappa shape index (κ1) is 18.7. The van der Waals surface area contributed by atoms with Crippen molar-refractivity contribution in [2.24, 2.45) is 5.92 Å². The molecule has 0 saturated heterocycles. The number of nitrogens with one attached hydrogen (secondary N) is 3. The average molecular weight is 389 g/mol. The van der Waals surface area contributed by atoms with Crippen molar-refractivity contribution in [1.82, 2.24) is 15.1 Å². The SMILES string of the molecule is CN(Cc1cccc(NC(=O)C2CC2)c1)C(=O)Nc1ccc(-c2cn[nH]c2)cc1. The molecule has 0 aliphatic heterocycles. The fourth-order valence-corrected chi connectivity index (χ4v) is 3.06. The summed E-state index contributed by atoms with van der Waals surface area (Å²) in [7, 11) is 1.74. The summed E-state index contributed by atoms with van der Waals surface area (Å²) in [5, 5.41) is 12.6. The molecule has 1 aromatic heterocycles. The van der Waals surface area contributed by atoms with Gasteiger partial charge < -0.3 is 15.5 Å². The highest BCUT2D eigenvalue weighted by Crippen LogP contribution is 2.30. The van der Waals surface area contributed by atoms with Gasteiger partial charge in [-0.15, -0.1) is 0 Å². The van der Waals surface area contributed by atoms with Gasteiger partial charge in [-0.25, -0.2) is 4.79 Å². The molecule has 0 radical (unpaired) electrons. The standard InChI is InChI=1S/C22H23N5O2/c1-27(14-15-3-2-4-20(11-15)25-21(28)17-5-6-17)22(29)26-19-9-7-16(8-10-19)18-12-23-24-13-18/h2-4,7-13,17H,5-6,14H2,1H3,(H,23,24)(H,25,28)(H,26,29). The van der Waals surface area contributed by atoms with Gasteiger partial charge in [0.05, 0.1) is 6.20 Å². The lowest BCUT2D eigenvalue weighted by Crippen LogP contribution is -2.30. The monoisotopic (exact) mass is 389 g/mol. The highest BCUT2D eigenvalue weighted by molar-refractivity contribution is 5.94. The maximum Gasteiger partial charge on any atom is 0.321 e. The van der Waals surface area contributed by atoms with E-state index < -0.39 is 0 Å². The Hall–Kier alpha value is -3.61. The van der Waals surface area contributed by atoms with Crippen LogP contribution in [0.2, 0.25) is 0 Å². The van der Waals surface area contributed by atoms with Crippen LogP contribution in [0.3, 0.4) is 0 Å². The van der Waals surface area contributed by atoms with Gasteiger partial charge in [-0.1, -0.05) is 24.3 Å². The number of amides is 3. The fraction of sp³-hybridized carbons (Fsp3) is 0.227. The molecule has 0 atom stereocenters. The molecule has 7 nitrogen and oxygen atoms in total. The van der Waals surface area contributed by atoms with Crippen molar-refractivity contribution < 1.29 is 9.59 Å². The van der Waals surface area contributed by atoms with Gasteiger partial charge in [0.25, 0.3) is 0 Å². The topological polar surface area (TPSA) is 90.1 Å². The van der Waals surface area contributed by atoms with Crippen LogP contribution in [0.25, 0.3) is 11.1 Å². The molecule has 1 heterocycles. The Bertz CT molecular complexity index is 994. The third kappa shape index (κ3) is 4.82. The van der Waals surface area contributed by atoms with Gasteiger partial charge in [-0.3, -0.25) is 9.89 Å². The molecule has 3 aromatic rings. The molecule has 1 saturated carbocycles. The molecule has 0 bridgehead atoms. The van der Waals surface area contributed by atoms with Gasteiger partial charge in [0.2, 0.25) is 5.91 Å². The lowest BCUT2D eigenvalue weighted by atomic mass is 10.1. The normalized spacial score (nSPS) is 13.0. The first-order chi connectivity index (χ1) is 14.1. The summed E-state index contributed by atoms with van der Waals surface area (Å²) in [6.07, 6.45) is 5.51. The minimum Gasteiger partial charge on any atom is -0.326 e. The zero-order chi connectivity index (χ0) is 20.2. The third-order valence-electron chi connectivity index (χ3n) is 4.88. The summed E-state index contributed by atoms with van der Waals surface area (Å²) in [6.45, 7) is 0.437. The number of benzene rings is 2. The maximum atomic E-state index is 12.5. The molecule has 3 N–H and O–H groups in total. The zero-order valence-corrected chi connectivity index (χ0v) is 16.2. The number of hydrogen-bond acceptors (Lipinski definition) is 3. The quantitative estimate of drug-likeness (QED) is 0.593. The molecule has 1 aliphatic rings. The Kier molecular flexibility index (Phi) is 5.29. The first-order valence-corrected chi connectivity index (χ1v) is 9.59. The maximum absolute atomic E-state index is 12.5. The van der Waals surface area contributed by atoms with E-state index in [0.717, 1.165) is 40.9 Å². The molecule has 3 amide bonds. The Morgan fingerprint density at radius 3 is 2.55 bits per heavy atom. The lowest BCUT2D eigenvalue weighted by Gasteiger charge is -2.19. The van der Waals surface area contributed by atoms with Crippen molar-refractivity contribution >= 4 is 23.3 Å². The van der Waals surface area contributed by atoms with E-state index in [0.29, 0.717) is 6.54 Å². The number of nitrogens with zero attached hydrogens (tertiary/aromatic N) is 2. The molecule has 4 rings (SSSR count). The van der Waals surface area contributed by atoms with Crippen LogP contribution >= 0.6 is 0 Å². The summed E-state index contributed by atoms with van der Waals surface area (Å²) < 4.78 is 0. The number of H-pyrrole nitrogens is 1. The van der Waals surface area contributed by atoms with E-state index in [2.05, 4.69) is 20.8 Å². The van der Waals surface area contributed by atoms with Crippen LogP contribution < -0.4 is 10.6 Å². The minimum atomic E-state index is -0.200. The smallest absolute Gasteiger partial charge is 0.321 e. The molecular formula is C22H23N5O2. The Morgan fingerprint density at radius 2 is 1.86 bits per heavy atom. The number of rotatable bonds is 6. The van der Waals surface area contributed by atoms with Gasteiger partial charge in [0, 0.05) is 42.6 Å². The molecule has 29 heavy (non-hydrogen) atoms. The summed E-state index contributed by atoms with van der Waals surface area (Å²) >= 11 is 0. The molecule has 148 valence electrons. The van der Waals surface area contributed by atoms with E-state index >= 15 is 0 Å². The van der Waals surface area contributed by atoms with Crippen molar-refractivity contribution in [1.29, 1.82) is 0 Å². The van der Waals surface area contributed by atoms with Crippen LogP contribution in [-0.4, -0.2) is 34.1 Å². The molecule has 0 spiro atoms. The van der Waals surface area contributed by atoms with Gasteiger partial charge in [-0.05, 0) is 48.2 Å². The van der Waals surface area contributed by atoms with Crippen LogP contribution in [0.4, 0.5) is 16.2 Å². The minimum absolute atomic E-state index is 0.0760. The third-order valence-corrected chi connectivity index (χ3v) is 4.88. The Labute approximate surface area is 169 Å². The predicted molar refractivity (Wildman–Crippen MR) is 112 cm³/mol. The molecular weight excluding hydrogens is 366 g/mol. The van der Waals surface area contributed by atoms with E-state index in [9.17, 15) is 9.59 Å².